The molecule has 7 heteroatoms. The van der Waals surface area contributed by atoms with Gasteiger partial charge in [0.05, 0.1) is 0 Å². The number of hydrogen-bond donors (Lipinski definition) is 1. The maximum absolute atomic E-state index is 12.6. The molecule has 1 aliphatic carbocycles. The lowest BCUT2D eigenvalue weighted by Gasteiger charge is -2.09. The maximum atomic E-state index is 12.6. The molecule has 1 fully saturated rings. The molecule has 94 valence electrons. The van der Waals surface area contributed by atoms with Gasteiger partial charge in [-0.3, -0.25) is 0 Å². The van der Waals surface area contributed by atoms with Crippen molar-refractivity contribution >= 4 is 11.8 Å². The molecule has 1 heterocycles. The van der Waals surface area contributed by atoms with Crippen LogP contribution in [0.2, 0.25) is 0 Å². The van der Waals surface area contributed by atoms with E-state index in [4.69, 9.17) is 5.73 Å². The van der Waals surface area contributed by atoms with E-state index in [2.05, 4.69) is 9.97 Å². The molecule has 2 rings (SSSR count). The van der Waals surface area contributed by atoms with Crippen molar-refractivity contribution in [3.8, 4) is 0 Å². The highest BCUT2D eigenvalue weighted by Crippen LogP contribution is 2.41. The average molecular weight is 263 g/mol. The fraction of sp³-hybridized carbons (Fsp3) is 0.600. The molecule has 0 bridgehead atoms. The summed E-state index contributed by atoms with van der Waals surface area (Å²) in [6.07, 6.45) is -2.59. The zero-order chi connectivity index (χ0) is 12.5. The molecule has 2 N–H and O–H groups in total. The Balaban J connectivity index is 2.28. The second-order valence-corrected chi connectivity index (χ2v) is 4.93. The quantitative estimate of drug-likeness (QED) is 0.669. The predicted molar refractivity (Wildman–Crippen MR) is 58.8 cm³/mol. The van der Waals surface area contributed by atoms with E-state index in [1.165, 1.54) is 0 Å². The molecule has 1 saturated carbocycles. The van der Waals surface area contributed by atoms with Gasteiger partial charge in [-0.25, -0.2) is 9.97 Å². The first kappa shape index (κ1) is 12.6. The Morgan fingerprint density at radius 2 is 2.06 bits per heavy atom. The lowest BCUT2D eigenvalue weighted by atomic mass is 10.2. The number of hydrogen-bond acceptors (Lipinski definition) is 4. The molecule has 0 amide bonds. The van der Waals surface area contributed by atoms with E-state index in [9.17, 15) is 13.2 Å². The zero-order valence-electron chi connectivity index (χ0n) is 9.00. The Labute approximate surface area is 101 Å². The van der Waals surface area contributed by atoms with Crippen LogP contribution in [-0.4, -0.2) is 22.3 Å². The van der Waals surface area contributed by atoms with Gasteiger partial charge in [0, 0.05) is 23.9 Å². The molecule has 0 aromatic carbocycles. The Bertz CT molecular complexity index is 404. The molecule has 17 heavy (non-hydrogen) atoms. The second-order valence-electron chi connectivity index (χ2n) is 3.87. The van der Waals surface area contributed by atoms with E-state index in [0.717, 1.165) is 30.7 Å². The van der Waals surface area contributed by atoms with Crippen molar-refractivity contribution in [3.05, 3.63) is 17.5 Å². The Hall–Kier alpha value is -0.820. The standard InChI is InChI=1S/C10H12F3N3S/c11-10(12,13)8-5-7(6-1-2-6)15-9(16-8)17-4-3-14/h5-6H,1-4,14H2. The number of nitrogens with zero attached hydrogens (tertiary/aromatic N) is 2. The first-order valence-corrected chi connectivity index (χ1v) is 6.28. The minimum absolute atomic E-state index is 0.173. The fourth-order valence-electron chi connectivity index (χ4n) is 1.39. The van der Waals surface area contributed by atoms with E-state index < -0.39 is 11.9 Å². The van der Waals surface area contributed by atoms with Crippen LogP contribution >= 0.6 is 11.8 Å². The molecule has 1 aromatic rings. The third-order valence-electron chi connectivity index (χ3n) is 2.36. The minimum atomic E-state index is -4.41. The first-order valence-electron chi connectivity index (χ1n) is 5.29. The summed E-state index contributed by atoms with van der Waals surface area (Å²) in [4.78, 5) is 7.67. The lowest BCUT2D eigenvalue weighted by Crippen LogP contribution is -2.11. The smallest absolute Gasteiger partial charge is 0.330 e. The molecule has 0 spiro atoms. The van der Waals surface area contributed by atoms with E-state index in [-0.39, 0.29) is 11.1 Å². The lowest BCUT2D eigenvalue weighted by molar-refractivity contribution is -0.141. The van der Waals surface area contributed by atoms with Gasteiger partial charge in [-0.15, -0.1) is 0 Å². The monoisotopic (exact) mass is 263 g/mol. The fourth-order valence-corrected chi connectivity index (χ4v) is 2.02. The third kappa shape index (κ3) is 3.32. The van der Waals surface area contributed by atoms with Crippen molar-refractivity contribution in [2.24, 2.45) is 5.73 Å². The molecule has 0 unspecified atom stereocenters. The largest absolute Gasteiger partial charge is 0.433 e. The van der Waals surface area contributed by atoms with Crippen LogP contribution in [0.3, 0.4) is 0 Å². The Morgan fingerprint density at radius 1 is 1.35 bits per heavy atom. The highest BCUT2D eigenvalue weighted by atomic mass is 32.2. The third-order valence-corrected chi connectivity index (χ3v) is 3.24. The van der Waals surface area contributed by atoms with Crippen LogP contribution in [-0.2, 0) is 6.18 Å². The summed E-state index contributed by atoms with van der Waals surface area (Å²) < 4.78 is 37.9. The highest BCUT2D eigenvalue weighted by molar-refractivity contribution is 7.99. The van der Waals surface area contributed by atoms with E-state index >= 15 is 0 Å². The summed E-state index contributed by atoms with van der Waals surface area (Å²) in [7, 11) is 0. The van der Waals surface area contributed by atoms with Crippen LogP contribution in [0.4, 0.5) is 13.2 Å². The summed E-state index contributed by atoms with van der Waals surface area (Å²) in [6, 6.07) is 1.06. The molecule has 0 radical (unpaired) electrons. The summed E-state index contributed by atoms with van der Waals surface area (Å²) in [5.41, 5.74) is 4.97. The Kier molecular flexibility index (Phi) is 3.58. The van der Waals surface area contributed by atoms with Gasteiger partial charge in [0.25, 0.3) is 0 Å². The van der Waals surface area contributed by atoms with Gasteiger partial charge in [-0.05, 0) is 18.9 Å². The van der Waals surface area contributed by atoms with Crippen molar-refractivity contribution < 1.29 is 13.2 Å². The molecule has 1 aromatic heterocycles. The van der Waals surface area contributed by atoms with E-state index in [1.54, 1.807) is 0 Å². The van der Waals surface area contributed by atoms with E-state index in [1.807, 2.05) is 0 Å². The molecule has 0 atom stereocenters. The number of rotatable bonds is 4. The van der Waals surface area contributed by atoms with Crippen molar-refractivity contribution in [1.29, 1.82) is 0 Å². The molecular weight excluding hydrogens is 251 g/mol. The van der Waals surface area contributed by atoms with Gasteiger partial charge >= 0.3 is 6.18 Å². The normalized spacial score (nSPS) is 16.2. The van der Waals surface area contributed by atoms with Crippen molar-refractivity contribution in [2.75, 3.05) is 12.3 Å². The summed E-state index contributed by atoms with van der Waals surface area (Å²) in [5.74, 6) is 0.696. The number of halogens is 3. The maximum Gasteiger partial charge on any atom is 0.433 e. The molecule has 0 aliphatic heterocycles. The molecule has 0 saturated heterocycles. The van der Waals surface area contributed by atoms with Crippen molar-refractivity contribution in [3.63, 3.8) is 0 Å². The van der Waals surface area contributed by atoms with Gasteiger partial charge in [0.2, 0.25) is 0 Å². The van der Waals surface area contributed by atoms with Crippen LogP contribution in [0, 0.1) is 0 Å². The first-order chi connectivity index (χ1) is 8.00. The zero-order valence-corrected chi connectivity index (χ0v) is 9.81. The van der Waals surface area contributed by atoms with Gasteiger partial charge in [0.1, 0.15) is 5.69 Å². The molecular formula is C10H12F3N3S. The van der Waals surface area contributed by atoms with Gasteiger partial charge in [-0.1, -0.05) is 11.8 Å². The number of alkyl halides is 3. The predicted octanol–water partition coefficient (Wildman–Crippen LogP) is 2.42. The highest BCUT2D eigenvalue weighted by Gasteiger charge is 2.35. The minimum Gasteiger partial charge on any atom is -0.330 e. The van der Waals surface area contributed by atoms with Crippen molar-refractivity contribution in [1.82, 2.24) is 9.97 Å². The second kappa shape index (κ2) is 4.81. The van der Waals surface area contributed by atoms with Crippen LogP contribution in [0.1, 0.15) is 30.1 Å². The number of nitrogens with two attached hydrogens (primary N) is 1. The number of aromatic nitrogens is 2. The van der Waals surface area contributed by atoms with Crippen molar-refractivity contribution in [2.45, 2.75) is 30.1 Å². The molecule has 3 nitrogen and oxygen atoms in total. The van der Waals surface area contributed by atoms with Crippen LogP contribution in [0.5, 0.6) is 0 Å². The number of thioether (sulfide) groups is 1. The SMILES string of the molecule is NCCSc1nc(C2CC2)cc(C(F)(F)F)n1. The van der Waals surface area contributed by atoms with Crippen LogP contribution in [0.25, 0.3) is 0 Å². The Morgan fingerprint density at radius 3 is 2.59 bits per heavy atom. The van der Waals surface area contributed by atoms with Gasteiger partial charge in [0.15, 0.2) is 5.16 Å². The summed E-state index contributed by atoms with van der Waals surface area (Å²) in [5, 5.41) is 0.173. The van der Waals surface area contributed by atoms with Crippen LogP contribution in [0.15, 0.2) is 11.2 Å². The molecule has 1 aliphatic rings. The average Bonchev–Trinajstić information content (AvgIpc) is 3.08. The summed E-state index contributed by atoms with van der Waals surface area (Å²) in [6.45, 7) is 0.392. The van der Waals surface area contributed by atoms with Gasteiger partial charge in [-0.2, -0.15) is 13.2 Å². The van der Waals surface area contributed by atoms with Gasteiger partial charge < -0.3 is 5.73 Å². The van der Waals surface area contributed by atoms with Crippen LogP contribution < -0.4 is 5.73 Å². The van der Waals surface area contributed by atoms with E-state index in [0.29, 0.717) is 18.0 Å². The topological polar surface area (TPSA) is 51.8 Å². The summed E-state index contributed by atoms with van der Waals surface area (Å²) >= 11 is 1.16.